The molecular formula is C18H24N2O2. The first-order chi connectivity index (χ1) is 10.6. The first-order valence-corrected chi connectivity index (χ1v) is 7.91. The summed E-state index contributed by atoms with van der Waals surface area (Å²) in [5, 5.41) is 1.18. The Labute approximate surface area is 131 Å². The van der Waals surface area contributed by atoms with Gasteiger partial charge >= 0.3 is 0 Å². The fourth-order valence-electron chi connectivity index (χ4n) is 3.38. The van der Waals surface area contributed by atoms with E-state index in [1.807, 2.05) is 24.1 Å². The SMILES string of the molecule is COCC1(C(=O)N(C)[C@H](C)c2cc3ccccc3[nH]2)CCC1. The van der Waals surface area contributed by atoms with Crippen LogP contribution in [0.4, 0.5) is 0 Å². The summed E-state index contributed by atoms with van der Waals surface area (Å²) in [5.41, 5.74) is 1.88. The van der Waals surface area contributed by atoms with Crippen molar-refractivity contribution in [1.82, 2.24) is 9.88 Å². The van der Waals surface area contributed by atoms with E-state index < -0.39 is 0 Å². The standard InChI is InChI=1S/C18H24N2O2/c1-13(16-11-14-7-4-5-8-15(14)19-16)20(2)17(21)18(12-22-3)9-6-10-18/h4-5,7-8,11,13,19H,6,9-10,12H2,1-3H3/t13-/m1/s1. The first-order valence-electron chi connectivity index (χ1n) is 7.91. The molecule has 0 saturated heterocycles. The van der Waals surface area contributed by atoms with Gasteiger partial charge in [-0.3, -0.25) is 4.79 Å². The highest BCUT2D eigenvalue weighted by Gasteiger charge is 2.46. The Morgan fingerprint density at radius 2 is 2.14 bits per heavy atom. The third kappa shape index (κ3) is 2.41. The number of nitrogens with zero attached hydrogens (tertiary/aromatic N) is 1. The molecule has 0 spiro atoms. The van der Waals surface area contributed by atoms with Crippen LogP contribution in [-0.4, -0.2) is 36.6 Å². The largest absolute Gasteiger partial charge is 0.384 e. The zero-order chi connectivity index (χ0) is 15.7. The highest BCUT2D eigenvalue weighted by molar-refractivity contribution is 5.84. The summed E-state index contributed by atoms with van der Waals surface area (Å²) in [4.78, 5) is 18.2. The van der Waals surface area contributed by atoms with Gasteiger partial charge in [0, 0.05) is 25.4 Å². The minimum Gasteiger partial charge on any atom is -0.384 e. The third-order valence-corrected chi connectivity index (χ3v) is 5.09. The van der Waals surface area contributed by atoms with E-state index >= 15 is 0 Å². The zero-order valence-corrected chi connectivity index (χ0v) is 13.6. The summed E-state index contributed by atoms with van der Waals surface area (Å²) in [6.45, 7) is 2.59. The van der Waals surface area contributed by atoms with Crippen LogP contribution in [-0.2, 0) is 9.53 Å². The molecule has 0 radical (unpaired) electrons. The number of methoxy groups -OCH3 is 1. The summed E-state index contributed by atoms with van der Waals surface area (Å²) in [6.07, 6.45) is 2.98. The molecular weight excluding hydrogens is 276 g/mol. The second-order valence-corrected chi connectivity index (χ2v) is 6.47. The van der Waals surface area contributed by atoms with Gasteiger partial charge in [-0.05, 0) is 37.3 Å². The molecule has 1 aromatic carbocycles. The molecule has 3 rings (SSSR count). The van der Waals surface area contributed by atoms with Gasteiger partial charge in [0.1, 0.15) is 0 Å². The molecule has 1 aliphatic carbocycles. The van der Waals surface area contributed by atoms with Crippen molar-refractivity contribution >= 4 is 16.8 Å². The van der Waals surface area contributed by atoms with Crippen LogP contribution in [0.5, 0.6) is 0 Å². The van der Waals surface area contributed by atoms with E-state index in [-0.39, 0.29) is 17.4 Å². The molecule has 1 heterocycles. The Balaban J connectivity index is 1.81. The number of H-pyrrole nitrogens is 1. The maximum Gasteiger partial charge on any atom is 0.231 e. The van der Waals surface area contributed by atoms with Gasteiger partial charge in [-0.1, -0.05) is 24.6 Å². The van der Waals surface area contributed by atoms with Crippen LogP contribution >= 0.6 is 0 Å². The van der Waals surface area contributed by atoms with Gasteiger partial charge in [-0.2, -0.15) is 0 Å². The lowest BCUT2D eigenvalue weighted by atomic mass is 9.68. The number of hydrogen-bond acceptors (Lipinski definition) is 2. The normalized spacial score (nSPS) is 18.0. The number of fused-ring (bicyclic) bond motifs is 1. The van der Waals surface area contributed by atoms with E-state index in [0.717, 1.165) is 30.5 Å². The summed E-state index contributed by atoms with van der Waals surface area (Å²) in [6, 6.07) is 10.3. The Hall–Kier alpha value is -1.81. The van der Waals surface area contributed by atoms with Crippen molar-refractivity contribution in [3.63, 3.8) is 0 Å². The van der Waals surface area contributed by atoms with Crippen molar-refractivity contribution in [1.29, 1.82) is 0 Å². The Kier molecular flexibility index (Phi) is 3.96. The Morgan fingerprint density at radius 3 is 2.73 bits per heavy atom. The molecule has 2 aromatic rings. The maximum absolute atomic E-state index is 12.9. The van der Waals surface area contributed by atoms with Gasteiger partial charge < -0.3 is 14.6 Å². The van der Waals surface area contributed by atoms with Gasteiger partial charge in [0.25, 0.3) is 0 Å². The lowest BCUT2D eigenvalue weighted by molar-refractivity contribution is -0.152. The van der Waals surface area contributed by atoms with E-state index in [4.69, 9.17) is 4.74 Å². The average molecular weight is 300 g/mol. The molecule has 4 heteroatoms. The van der Waals surface area contributed by atoms with Gasteiger partial charge in [0.2, 0.25) is 5.91 Å². The molecule has 118 valence electrons. The summed E-state index contributed by atoms with van der Waals surface area (Å²) < 4.78 is 5.30. The van der Waals surface area contributed by atoms with Gasteiger partial charge in [-0.15, -0.1) is 0 Å². The molecule has 1 aliphatic rings. The van der Waals surface area contributed by atoms with E-state index in [1.54, 1.807) is 7.11 Å². The van der Waals surface area contributed by atoms with E-state index in [1.165, 1.54) is 5.39 Å². The predicted octanol–water partition coefficient (Wildman–Crippen LogP) is 3.50. The van der Waals surface area contributed by atoms with Crippen molar-refractivity contribution in [2.24, 2.45) is 5.41 Å². The van der Waals surface area contributed by atoms with Crippen molar-refractivity contribution in [2.45, 2.75) is 32.2 Å². The highest BCUT2D eigenvalue weighted by atomic mass is 16.5. The molecule has 1 saturated carbocycles. The second-order valence-electron chi connectivity index (χ2n) is 6.47. The van der Waals surface area contributed by atoms with E-state index in [0.29, 0.717) is 6.61 Å². The Bertz CT molecular complexity index is 640. The van der Waals surface area contributed by atoms with Crippen LogP contribution in [0, 0.1) is 5.41 Å². The monoisotopic (exact) mass is 300 g/mol. The predicted molar refractivity (Wildman–Crippen MR) is 87.6 cm³/mol. The van der Waals surface area contributed by atoms with Crippen LogP contribution < -0.4 is 0 Å². The lowest BCUT2D eigenvalue weighted by Gasteiger charge is -2.43. The number of aromatic amines is 1. The molecule has 1 fully saturated rings. The second kappa shape index (κ2) is 5.76. The first kappa shape index (κ1) is 15.1. The zero-order valence-electron chi connectivity index (χ0n) is 13.6. The maximum atomic E-state index is 12.9. The van der Waals surface area contributed by atoms with Crippen LogP contribution in [0.2, 0.25) is 0 Å². The fraction of sp³-hybridized carbons (Fsp3) is 0.500. The molecule has 0 bridgehead atoms. The van der Waals surface area contributed by atoms with Gasteiger partial charge in [0.15, 0.2) is 0 Å². The van der Waals surface area contributed by atoms with Crippen LogP contribution in [0.25, 0.3) is 10.9 Å². The third-order valence-electron chi connectivity index (χ3n) is 5.09. The van der Waals surface area contributed by atoms with Crippen molar-refractivity contribution in [3.05, 3.63) is 36.0 Å². The number of amides is 1. The van der Waals surface area contributed by atoms with Crippen LogP contribution in [0.1, 0.15) is 37.9 Å². The topological polar surface area (TPSA) is 45.3 Å². The molecule has 0 aliphatic heterocycles. The lowest BCUT2D eigenvalue weighted by Crippen LogP contribution is -2.49. The molecule has 1 amide bonds. The minimum absolute atomic E-state index is 0.0224. The fourth-order valence-corrected chi connectivity index (χ4v) is 3.38. The van der Waals surface area contributed by atoms with E-state index in [9.17, 15) is 4.79 Å². The van der Waals surface area contributed by atoms with E-state index in [2.05, 4.69) is 30.1 Å². The number of para-hydroxylation sites is 1. The highest BCUT2D eigenvalue weighted by Crippen LogP contribution is 2.43. The number of hydrogen-bond donors (Lipinski definition) is 1. The smallest absolute Gasteiger partial charge is 0.231 e. The van der Waals surface area contributed by atoms with Gasteiger partial charge in [-0.25, -0.2) is 0 Å². The summed E-state index contributed by atoms with van der Waals surface area (Å²) in [7, 11) is 3.57. The number of benzene rings is 1. The number of rotatable bonds is 5. The van der Waals surface area contributed by atoms with Crippen LogP contribution in [0.15, 0.2) is 30.3 Å². The minimum atomic E-state index is -0.302. The van der Waals surface area contributed by atoms with Crippen LogP contribution in [0.3, 0.4) is 0 Å². The number of aromatic nitrogens is 1. The number of nitrogens with one attached hydrogen (secondary N) is 1. The Morgan fingerprint density at radius 1 is 1.41 bits per heavy atom. The molecule has 1 N–H and O–H groups in total. The van der Waals surface area contributed by atoms with Crippen molar-refractivity contribution in [3.8, 4) is 0 Å². The number of carbonyl (C=O) groups is 1. The summed E-state index contributed by atoms with van der Waals surface area (Å²) >= 11 is 0. The van der Waals surface area contributed by atoms with Crippen molar-refractivity contribution in [2.75, 3.05) is 20.8 Å². The molecule has 0 unspecified atom stereocenters. The quantitative estimate of drug-likeness (QED) is 0.918. The molecule has 1 aromatic heterocycles. The number of carbonyl (C=O) groups excluding carboxylic acids is 1. The summed E-state index contributed by atoms with van der Waals surface area (Å²) in [5.74, 6) is 0.201. The molecule has 1 atom stereocenters. The molecule has 4 nitrogen and oxygen atoms in total. The van der Waals surface area contributed by atoms with Gasteiger partial charge in [0.05, 0.1) is 18.1 Å². The van der Waals surface area contributed by atoms with Crippen molar-refractivity contribution < 1.29 is 9.53 Å². The molecule has 22 heavy (non-hydrogen) atoms. The average Bonchev–Trinajstić information content (AvgIpc) is 2.92. The number of ether oxygens (including phenoxy) is 1.